The predicted molar refractivity (Wildman–Crippen MR) is 120 cm³/mol. The molecule has 136 valence electrons. The summed E-state index contributed by atoms with van der Waals surface area (Å²) in [6.45, 7) is 0. The Morgan fingerprint density at radius 1 is 0.593 bits per heavy atom. The SMILES string of the molecule is CN(C(=N)N(C)c1cccc2ccccc12)c1cccc2ccccc12.Cl. The molecule has 0 spiro atoms. The average molecular weight is 376 g/mol. The van der Waals surface area contributed by atoms with Gasteiger partial charge in [0.1, 0.15) is 0 Å². The van der Waals surface area contributed by atoms with Crippen molar-refractivity contribution in [1.82, 2.24) is 0 Å². The summed E-state index contributed by atoms with van der Waals surface area (Å²) in [5.41, 5.74) is 2.06. The lowest BCUT2D eigenvalue weighted by atomic mass is 10.1. The lowest BCUT2D eigenvalue weighted by Gasteiger charge is -2.29. The lowest BCUT2D eigenvalue weighted by molar-refractivity contribution is 1.13. The molecule has 4 aromatic rings. The topological polar surface area (TPSA) is 30.3 Å². The van der Waals surface area contributed by atoms with Gasteiger partial charge in [0.25, 0.3) is 0 Å². The molecule has 1 N–H and O–H groups in total. The van der Waals surface area contributed by atoms with Crippen LogP contribution >= 0.6 is 12.4 Å². The van der Waals surface area contributed by atoms with Crippen molar-refractivity contribution in [2.24, 2.45) is 0 Å². The van der Waals surface area contributed by atoms with Crippen molar-refractivity contribution in [2.45, 2.75) is 0 Å². The fourth-order valence-corrected chi connectivity index (χ4v) is 3.45. The molecule has 0 saturated carbocycles. The van der Waals surface area contributed by atoms with Crippen molar-refractivity contribution in [3.63, 3.8) is 0 Å². The Labute approximate surface area is 165 Å². The van der Waals surface area contributed by atoms with E-state index in [0.717, 1.165) is 22.1 Å². The highest BCUT2D eigenvalue weighted by atomic mass is 35.5. The van der Waals surface area contributed by atoms with Crippen molar-refractivity contribution >= 4 is 51.3 Å². The number of hydrogen-bond donors (Lipinski definition) is 1. The molecular formula is C23H22ClN3. The van der Waals surface area contributed by atoms with Crippen LogP contribution in [0.3, 0.4) is 0 Å². The highest BCUT2D eigenvalue weighted by Crippen LogP contribution is 2.29. The van der Waals surface area contributed by atoms with E-state index in [1.165, 1.54) is 10.8 Å². The van der Waals surface area contributed by atoms with Gasteiger partial charge in [0.05, 0.1) is 11.4 Å². The molecule has 0 unspecified atom stereocenters. The Bertz CT molecular complexity index is 1010. The van der Waals surface area contributed by atoms with Crippen LogP contribution in [0.1, 0.15) is 0 Å². The van der Waals surface area contributed by atoms with Crippen LogP contribution in [-0.4, -0.2) is 20.1 Å². The summed E-state index contributed by atoms with van der Waals surface area (Å²) in [6, 6.07) is 29.0. The molecule has 0 aromatic heterocycles. The number of nitrogens with zero attached hydrogens (tertiary/aromatic N) is 2. The Morgan fingerprint density at radius 3 is 1.41 bits per heavy atom. The summed E-state index contributed by atoms with van der Waals surface area (Å²) in [6.07, 6.45) is 0. The smallest absolute Gasteiger partial charge is 0.202 e. The van der Waals surface area contributed by atoms with Crippen LogP contribution in [0.25, 0.3) is 21.5 Å². The van der Waals surface area contributed by atoms with Crippen LogP contribution < -0.4 is 9.80 Å². The summed E-state index contributed by atoms with van der Waals surface area (Å²) in [5, 5.41) is 13.4. The van der Waals surface area contributed by atoms with Crippen LogP contribution in [0.2, 0.25) is 0 Å². The number of nitrogens with one attached hydrogen (secondary N) is 1. The second kappa shape index (κ2) is 7.68. The monoisotopic (exact) mass is 375 g/mol. The number of hydrogen-bond acceptors (Lipinski definition) is 1. The van der Waals surface area contributed by atoms with Crippen molar-refractivity contribution in [1.29, 1.82) is 5.41 Å². The van der Waals surface area contributed by atoms with E-state index in [1.807, 2.05) is 60.3 Å². The first-order valence-corrected chi connectivity index (χ1v) is 8.68. The highest BCUT2D eigenvalue weighted by Gasteiger charge is 2.17. The average Bonchev–Trinajstić information content (AvgIpc) is 2.71. The third-order valence-electron chi connectivity index (χ3n) is 4.89. The van der Waals surface area contributed by atoms with Crippen LogP contribution in [-0.2, 0) is 0 Å². The minimum absolute atomic E-state index is 0. The maximum absolute atomic E-state index is 8.78. The maximum Gasteiger partial charge on any atom is 0.202 e. The van der Waals surface area contributed by atoms with Gasteiger partial charge >= 0.3 is 0 Å². The summed E-state index contributed by atoms with van der Waals surface area (Å²) >= 11 is 0. The minimum Gasteiger partial charge on any atom is -0.315 e. The maximum atomic E-state index is 8.78. The normalized spacial score (nSPS) is 10.4. The standard InChI is InChI=1S/C23H21N3.ClH/c1-25(21-15-7-11-17-9-3-5-13-19(17)21)23(24)26(2)22-16-8-12-18-10-4-6-14-20(18)22;/h3-16,24H,1-2H3;1H. The van der Waals surface area contributed by atoms with E-state index >= 15 is 0 Å². The van der Waals surface area contributed by atoms with E-state index in [2.05, 4.69) is 48.5 Å². The van der Waals surface area contributed by atoms with Gasteiger partial charge in [-0.25, -0.2) is 0 Å². The third kappa shape index (κ3) is 3.34. The van der Waals surface area contributed by atoms with E-state index in [0.29, 0.717) is 5.96 Å². The van der Waals surface area contributed by atoms with Gasteiger partial charge in [0.15, 0.2) is 0 Å². The van der Waals surface area contributed by atoms with Crippen LogP contribution in [0.4, 0.5) is 11.4 Å². The van der Waals surface area contributed by atoms with E-state index in [9.17, 15) is 0 Å². The van der Waals surface area contributed by atoms with E-state index in [1.54, 1.807) is 0 Å². The molecule has 0 heterocycles. The van der Waals surface area contributed by atoms with Crippen molar-refractivity contribution in [3.8, 4) is 0 Å². The number of halogens is 1. The first-order valence-electron chi connectivity index (χ1n) is 8.68. The molecule has 0 saturated heterocycles. The van der Waals surface area contributed by atoms with E-state index in [-0.39, 0.29) is 12.4 Å². The van der Waals surface area contributed by atoms with Gasteiger partial charge in [-0.1, -0.05) is 72.8 Å². The molecule has 0 radical (unpaired) electrons. The molecule has 4 aromatic carbocycles. The van der Waals surface area contributed by atoms with Gasteiger partial charge in [-0.05, 0) is 22.9 Å². The summed E-state index contributed by atoms with van der Waals surface area (Å²) in [5.74, 6) is 0.428. The Hall–Kier alpha value is -3.04. The number of benzene rings is 4. The Kier molecular flexibility index (Phi) is 5.33. The van der Waals surface area contributed by atoms with Crippen LogP contribution in [0, 0.1) is 5.41 Å². The van der Waals surface area contributed by atoms with Crippen molar-refractivity contribution < 1.29 is 0 Å². The number of anilines is 2. The zero-order valence-corrected chi connectivity index (χ0v) is 16.2. The van der Waals surface area contributed by atoms with Gasteiger partial charge in [0.2, 0.25) is 5.96 Å². The molecule has 3 nitrogen and oxygen atoms in total. The summed E-state index contributed by atoms with van der Waals surface area (Å²) in [7, 11) is 3.90. The first-order chi connectivity index (χ1) is 12.7. The van der Waals surface area contributed by atoms with Gasteiger partial charge < -0.3 is 9.80 Å². The van der Waals surface area contributed by atoms with Gasteiger partial charge in [-0.2, -0.15) is 0 Å². The fourth-order valence-electron chi connectivity index (χ4n) is 3.45. The van der Waals surface area contributed by atoms with Crippen molar-refractivity contribution in [2.75, 3.05) is 23.9 Å². The van der Waals surface area contributed by atoms with Gasteiger partial charge in [0, 0.05) is 24.9 Å². The van der Waals surface area contributed by atoms with Crippen LogP contribution in [0.5, 0.6) is 0 Å². The molecule has 0 aliphatic heterocycles. The molecule has 0 amide bonds. The number of guanidine groups is 1. The molecule has 4 rings (SSSR count). The molecule has 0 aliphatic rings. The fraction of sp³-hybridized carbons (Fsp3) is 0.0870. The third-order valence-corrected chi connectivity index (χ3v) is 4.89. The summed E-state index contributed by atoms with van der Waals surface area (Å²) in [4.78, 5) is 3.87. The second-order valence-corrected chi connectivity index (χ2v) is 6.44. The molecular weight excluding hydrogens is 354 g/mol. The van der Waals surface area contributed by atoms with Crippen molar-refractivity contribution in [3.05, 3.63) is 84.9 Å². The van der Waals surface area contributed by atoms with E-state index < -0.39 is 0 Å². The quantitative estimate of drug-likeness (QED) is 0.348. The Morgan fingerprint density at radius 2 is 0.963 bits per heavy atom. The van der Waals surface area contributed by atoms with E-state index in [4.69, 9.17) is 5.41 Å². The van der Waals surface area contributed by atoms with Crippen LogP contribution in [0.15, 0.2) is 84.9 Å². The second-order valence-electron chi connectivity index (χ2n) is 6.44. The molecule has 4 heteroatoms. The largest absolute Gasteiger partial charge is 0.315 e. The lowest BCUT2D eigenvalue weighted by Crippen LogP contribution is -2.39. The Balaban J connectivity index is 0.00000210. The highest BCUT2D eigenvalue weighted by molar-refractivity contribution is 6.12. The number of rotatable bonds is 2. The summed E-state index contributed by atoms with van der Waals surface area (Å²) < 4.78 is 0. The molecule has 0 atom stereocenters. The van der Waals surface area contributed by atoms with Gasteiger partial charge in [-0.3, -0.25) is 5.41 Å². The zero-order chi connectivity index (χ0) is 18.1. The molecule has 0 bridgehead atoms. The zero-order valence-electron chi connectivity index (χ0n) is 15.4. The minimum atomic E-state index is 0. The molecule has 27 heavy (non-hydrogen) atoms. The van der Waals surface area contributed by atoms with Gasteiger partial charge in [-0.15, -0.1) is 12.4 Å². The molecule has 0 fully saturated rings. The first kappa shape index (κ1) is 18.7. The predicted octanol–water partition coefficient (Wildman–Crippen LogP) is 5.92. The number of fused-ring (bicyclic) bond motifs is 2. The molecule has 0 aliphatic carbocycles.